The second-order valence-corrected chi connectivity index (χ2v) is 7.32. The number of fused-ring (bicyclic) bond motifs is 1. The van der Waals surface area contributed by atoms with Crippen LogP contribution in [0.15, 0.2) is 42.6 Å². The summed E-state index contributed by atoms with van der Waals surface area (Å²) in [7, 11) is 0. The molecule has 1 aromatic heterocycles. The summed E-state index contributed by atoms with van der Waals surface area (Å²) in [6, 6.07) is 11.7. The summed E-state index contributed by atoms with van der Waals surface area (Å²) < 4.78 is 0. The van der Waals surface area contributed by atoms with Crippen LogP contribution in [0.2, 0.25) is 0 Å². The molecule has 0 saturated carbocycles. The van der Waals surface area contributed by atoms with E-state index in [-0.39, 0.29) is 17.7 Å². The summed E-state index contributed by atoms with van der Waals surface area (Å²) in [6.45, 7) is 2.83. The lowest BCUT2D eigenvalue weighted by Crippen LogP contribution is -2.41. The van der Waals surface area contributed by atoms with Crippen molar-refractivity contribution in [2.24, 2.45) is 11.7 Å². The third-order valence-electron chi connectivity index (χ3n) is 5.57. The first-order valence-corrected chi connectivity index (χ1v) is 9.48. The van der Waals surface area contributed by atoms with Crippen molar-refractivity contribution >= 4 is 17.5 Å². The number of anilines is 1. The minimum Gasteiger partial charge on any atom is -0.371 e. The van der Waals surface area contributed by atoms with Gasteiger partial charge < -0.3 is 15.5 Å². The number of carbonyl (C=O) groups is 2. The Balaban J connectivity index is 1.45. The average molecular weight is 364 g/mol. The Hall–Kier alpha value is -2.89. The highest BCUT2D eigenvalue weighted by Crippen LogP contribution is 2.24. The Morgan fingerprint density at radius 3 is 2.70 bits per heavy atom. The van der Waals surface area contributed by atoms with Gasteiger partial charge >= 0.3 is 0 Å². The molecule has 2 N–H and O–H groups in total. The fourth-order valence-corrected chi connectivity index (χ4v) is 3.97. The molecular formula is C21H24N4O2. The van der Waals surface area contributed by atoms with Gasteiger partial charge in [-0.15, -0.1) is 0 Å². The minimum absolute atomic E-state index is 0.0338. The first-order chi connectivity index (χ1) is 13.1. The molecule has 2 aliphatic rings. The molecular weight excluding hydrogens is 340 g/mol. The average Bonchev–Trinajstić information content (AvgIpc) is 2.73. The molecule has 27 heavy (non-hydrogen) atoms. The topological polar surface area (TPSA) is 79.5 Å². The van der Waals surface area contributed by atoms with Crippen molar-refractivity contribution < 1.29 is 9.59 Å². The maximum atomic E-state index is 12.9. The number of amides is 2. The van der Waals surface area contributed by atoms with Gasteiger partial charge in [0.15, 0.2) is 0 Å². The standard InChI is InChI=1S/C21H24N4O2/c22-20(26)17-4-2-11-24(13-17)18-7-5-16(6-8-18)21(27)25-12-9-15-3-1-10-23-19(15)14-25/h1,3,5-8,10,17H,2,4,9,11-14H2,(H2,22,26). The highest BCUT2D eigenvalue weighted by molar-refractivity contribution is 5.94. The van der Waals surface area contributed by atoms with Crippen LogP contribution in [-0.2, 0) is 17.8 Å². The Morgan fingerprint density at radius 2 is 1.93 bits per heavy atom. The molecule has 1 atom stereocenters. The number of hydrogen-bond acceptors (Lipinski definition) is 4. The van der Waals surface area contributed by atoms with E-state index in [9.17, 15) is 9.59 Å². The highest BCUT2D eigenvalue weighted by Gasteiger charge is 2.25. The SMILES string of the molecule is NC(=O)C1CCCN(c2ccc(C(=O)N3CCc4cccnc4C3)cc2)C1. The third-order valence-corrected chi connectivity index (χ3v) is 5.57. The molecule has 0 aliphatic carbocycles. The smallest absolute Gasteiger partial charge is 0.254 e. The van der Waals surface area contributed by atoms with Gasteiger partial charge in [-0.05, 0) is 55.2 Å². The Labute approximate surface area is 159 Å². The molecule has 2 amide bonds. The van der Waals surface area contributed by atoms with Crippen LogP contribution in [-0.4, -0.2) is 41.3 Å². The fourth-order valence-electron chi connectivity index (χ4n) is 3.97. The van der Waals surface area contributed by atoms with Crippen molar-refractivity contribution in [3.8, 4) is 0 Å². The molecule has 2 aliphatic heterocycles. The largest absolute Gasteiger partial charge is 0.371 e. The molecule has 6 heteroatoms. The van der Waals surface area contributed by atoms with Crippen LogP contribution >= 0.6 is 0 Å². The number of rotatable bonds is 3. The van der Waals surface area contributed by atoms with Crippen molar-refractivity contribution in [1.82, 2.24) is 9.88 Å². The van der Waals surface area contributed by atoms with E-state index in [1.165, 1.54) is 5.56 Å². The lowest BCUT2D eigenvalue weighted by molar-refractivity contribution is -0.122. The number of carbonyl (C=O) groups excluding carboxylic acids is 2. The van der Waals surface area contributed by atoms with Crippen LogP contribution in [0.3, 0.4) is 0 Å². The zero-order valence-electron chi connectivity index (χ0n) is 15.3. The number of benzene rings is 1. The van der Waals surface area contributed by atoms with Gasteiger partial charge in [-0.25, -0.2) is 0 Å². The molecule has 1 unspecified atom stereocenters. The van der Waals surface area contributed by atoms with E-state index in [4.69, 9.17) is 5.73 Å². The second kappa shape index (κ2) is 7.39. The fraction of sp³-hybridized carbons (Fsp3) is 0.381. The number of nitrogens with zero attached hydrogens (tertiary/aromatic N) is 3. The van der Waals surface area contributed by atoms with Crippen molar-refractivity contribution in [2.75, 3.05) is 24.5 Å². The van der Waals surface area contributed by atoms with E-state index in [0.29, 0.717) is 25.2 Å². The molecule has 1 aromatic carbocycles. The number of hydrogen-bond donors (Lipinski definition) is 1. The predicted octanol–water partition coefficient (Wildman–Crippen LogP) is 1.98. The summed E-state index contributed by atoms with van der Waals surface area (Å²) in [5.74, 6) is -0.294. The number of primary amides is 1. The lowest BCUT2D eigenvalue weighted by atomic mass is 9.97. The van der Waals surface area contributed by atoms with Crippen LogP contribution < -0.4 is 10.6 Å². The highest BCUT2D eigenvalue weighted by atomic mass is 16.2. The first kappa shape index (κ1) is 17.5. The lowest BCUT2D eigenvalue weighted by Gasteiger charge is -2.33. The van der Waals surface area contributed by atoms with Gasteiger partial charge in [0.05, 0.1) is 18.2 Å². The van der Waals surface area contributed by atoms with Gasteiger partial charge in [0.1, 0.15) is 0 Å². The summed E-state index contributed by atoms with van der Waals surface area (Å²) >= 11 is 0. The first-order valence-electron chi connectivity index (χ1n) is 9.48. The normalized spacial score (nSPS) is 19.5. The van der Waals surface area contributed by atoms with Gasteiger partial charge in [-0.1, -0.05) is 6.07 Å². The molecule has 3 heterocycles. The maximum Gasteiger partial charge on any atom is 0.254 e. The molecule has 0 bridgehead atoms. The number of piperidine rings is 1. The van der Waals surface area contributed by atoms with Gasteiger partial charge in [-0.2, -0.15) is 0 Å². The van der Waals surface area contributed by atoms with Crippen LogP contribution in [0, 0.1) is 5.92 Å². The van der Waals surface area contributed by atoms with E-state index in [0.717, 1.165) is 37.2 Å². The van der Waals surface area contributed by atoms with E-state index >= 15 is 0 Å². The van der Waals surface area contributed by atoms with Crippen LogP contribution in [0.4, 0.5) is 5.69 Å². The van der Waals surface area contributed by atoms with Gasteiger partial charge in [-0.3, -0.25) is 14.6 Å². The van der Waals surface area contributed by atoms with Crippen molar-refractivity contribution in [3.05, 3.63) is 59.4 Å². The van der Waals surface area contributed by atoms with Gasteiger partial charge in [0.2, 0.25) is 5.91 Å². The molecule has 140 valence electrons. The Kier molecular flexibility index (Phi) is 4.79. The van der Waals surface area contributed by atoms with Crippen LogP contribution in [0.5, 0.6) is 0 Å². The van der Waals surface area contributed by atoms with Crippen molar-refractivity contribution in [2.45, 2.75) is 25.8 Å². The molecule has 6 nitrogen and oxygen atoms in total. The predicted molar refractivity (Wildman–Crippen MR) is 103 cm³/mol. The van der Waals surface area contributed by atoms with E-state index in [2.05, 4.69) is 16.0 Å². The zero-order valence-corrected chi connectivity index (χ0v) is 15.3. The number of aromatic nitrogens is 1. The van der Waals surface area contributed by atoms with Crippen molar-refractivity contribution in [3.63, 3.8) is 0 Å². The molecule has 1 fully saturated rings. The minimum atomic E-state index is -0.231. The van der Waals surface area contributed by atoms with Crippen LogP contribution in [0.25, 0.3) is 0 Å². The second-order valence-electron chi connectivity index (χ2n) is 7.32. The zero-order chi connectivity index (χ0) is 18.8. The van der Waals surface area contributed by atoms with E-state index in [1.807, 2.05) is 35.2 Å². The molecule has 0 spiro atoms. The molecule has 2 aromatic rings. The summed E-state index contributed by atoms with van der Waals surface area (Å²) in [5.41, 5.74) is 9.39. The monoisotopic (exact) mass is 364 g/mol. The molecule has 4 rings (SSSR count). The number of nitrogens with two attached hydrogens (primary N) is 1. The molecule has 1 saturated heterocycles. The van der Waals surface area contributed by atoms with E-state index < -0.39 is 0 Å². The third kappa shape index (κ3) is 3.65. The Bertz CT molecular complexity index is 850. The summed E-state index contributed by atoms with van der Waals surface area (Å²) in [5, 5.41) is 0. The quantitative estimate of drug-likeness (QED) is 0.903. The maximum absolute atomic E-state index is 12.9. The van der Waals surface area contributed by atoms with Crippen molar-refractivity contribution in [1.29, 1.82) is 0 Å². The van der Waals surface area contributed by atoms with E-state index in [1.54, 1.807) is 6.20 Å². The summed E-state index contributed by atoms with van der Waals surface area (Å²) in [4.78, 5) is 32.8. The van der Waals surface area contributed by atoms with Gasteiger partial charge in [0.25, 0.3) is 5.91 Å². The summed E-state index contributed by atoms with van der Waals surface area (Å²) in [6.07, 6.45) is 4.43. The van der Waals surface area contributed by atoms with Gasteiger partial charge in [0, 0.05) is 37.1 Å². The van der Waals surface area contributed by atoms with Crippen LogP contribution in [0.1, 0.15) is 34.5 Å². The molecule has 0 radical (unpaired) electrons. The number of pyridine rings is 1. The Morgan fingerprint density at radius 1 is 1.11 bits per heavy atom.